The Labute approximate surface area is 112 Å². The number of nitrogen functional groups attached to an aromatic ring is 1. The van der Waals surface area contributed by atoms with Gasteiger partial charge in [-0.05, 0) is 38.3 Å². The molecular weight excluding hydrogens is 248 g/mol. The van der Waals surface area contributed by atoms with E-state index in [9.17, 15) is 0 Å². The van der Waals surface area contributed by atoms with Crippen LogP contribution in [-0.2, 0) is 19.4 Å². The molecule has 0 spiro atoms. The maximum absolute atomic E-state index is 6.27. The van der Waals surface area contributed by atoms with Crippen molar-refractivity contribution in [2.75, 3.05) is 5.73 Å². The molecule has 0 aromatic carbocycles. The van der Waals surface area contributed by atoms with Gasteiger partial charge in [-0.15, -0.1) is 0 Å². The molecule has 2 heterocycles. The van der Waals surface area contributed by atoms with E-state index in [1.807, 2.05) is 23.7 Å². The second-order valence-electron chi connectivity index (χ2n) is 4.21. The third kappa shape index (κ3) is 2.48. The van der Waals surface area contributed by atoms with Gasteiger partial charge in [0, 0.05) is 12.7 Å². The van der Waals surface area contributed by atoms with Crippen molar-refractivity contribution in [1.82, 2.24) is 14.8 Å². The number of aromatic nitrogens is 3. The van der Waals surface area contributed by atoms with E-state index in [1.165, 1.54) is 0 Å². The lowest BCUT2D eigenvalue weighted by Crippen LogP contribution is -2.06. The minimum absolute atomic E-state index is 0.591. The predicted octanol–water partition coefficient (Wildman–Crippen LogP) is 2.63. The number of nitrogens with two attached hydrogens (primary N) is 1. The number of rotatable bonds is 4. The summed E-state index contributed by atoms with van der Waals surface area (Å²) in [5, 5.41) is 5.16. The molecule has 0 aliphatic carbocycles. The highest BCUT2D eigenvalue weighted by molar-refractivity contribution is 6.31. The molecule has 5 heteroatoms. The Hall–Kier alpha value is -1.55. The Morgan fingerprint density at radius 3 is 2.83 bits per heavy atom. The van der Waals surface area contributed by atoms with Gasteiger partial charge in [0.15, 0.2) is 0 Å². The summed E-state index contributed by atoms with van der Waals surface area (Å²) in [5.74, 6) is 0.591. The normalized spacial score (nSPS) is 10.8. The highest BCUT2D eigenvalue weighted by Crippen LogP contribution is 2.22. The summed E-state index contributed by atoms with van der Waals surface area (Å²) in [4.78, 5) is 4.08. The first-order valence-corrected chi connectivity index (χ1v) is 6.42. The molecule has 0 saturated carbocycles. The Morgan fingerprint density at radius 1 is 1.39 bits per heavy atom. The maximum atomic E-state index is 6.27. The van der Waals surface area contributed by atoms with Crippen molar-refractivity contribution in [3.05, 3.63) is 40.3 Å². The molecule has 0 aliphatic heterocycles. The Bertz CT molecular complexity index is 548. The van der Waals surface area contributed by atoms with Gasteiger partial charge in [-0.3, -0.25) is 4.68 Å². The minimum Gasteiger partial charge on any atom is -0.383 e. The molecule has 0 unspecified atom stereocenters. The summed E-state index contributed by atoms with van der Waals surface area (Å²) in [6.45, 7) is 4.81. The van der Waals surface area contributed by atoms with Gasteiger partial charge in [0.1, 0.15) is 5.82 Å². The van der Waals surface area contributed by atoms with Crippen LogP contribution in [-0.4, -0.2) is 14.8 Å². The van der Waals surface area contributed by atoms with Gasteiger partial charge < -0.3 is 5.73 Å². The van der Waals surface area contributed by atoms with Crippen molar-refractivity contribution in [2.24, 2.45) is 0 Å². The van der Waals surface area contributed by atoms with Crippen molar-refractivity contribution in [1.29, 1.82) is 0 Å². The fourth-order valence-electron chi connectivity index (χ4n) is 2.02. The summed E-state index contributed by atoms with van der Waals surface area (Å²) >= 11 is 6.27. The molecule has 0 aliphatic rings. The predicted molar refractivity (Wildman–Crippen MR) is 73.7 cm³/mol. The molecule has 18 heavy (non-hydrogen) atoms. The molecule has 4 nitrogen and oxygen atoms in total. The van der Waals surface area contributed by atoms with Gasteiger partial charge in [0.2, 0.25) is 0 Å². The first-order chi connectivity index (χ1) is 8.63. The molecule has 0 saturated heterocycles. The Morgan fingerprint density at radius 2 is 2.17 bits per heavy atom. The SMILES string of the molecule is CCn1nc(C)c(Cl)c1CCc1cccnc1N. The van der Waals surface area contributed by atoms with Crippen molar-refractivity contribution in [2.45, 2.75) is 33.2 Å². The van der Waals surface area contributed by atoms with E-state index in [-0.39, 0.29) is 0 Å². The first kappa shape index (κ1) is 12.9. The molecule has 0 bridgehead atoms. The van der Waals surface area contributed by atoms with Gasteiger partial charge in [-0.2, -0.15) is 5.10 Å². The van der Waals surface area contributed by atoms with Gasteiger partial charge in [0.05, 0.1) is 16.4 Å². The lowest BCUT2D eigenvalue weighted by Gasteiger charge is -2.07. The van der Waals surface area contributed by atoms with E-state index in [2.05, 4.69) is 17.0 Å². The minimum atomic E-state index is 0.591. The third-order valence-corrected chi connectivity index (χ3v) is 3.50. The van der Waals surface area contributed by atoms with Crippen molar-refractivity contribution < 1.29 is 0 Å². The van der Waals surface area contributed by atoms with Crippen LogP contribution in [0.25, 0.3) is 0 Å². The van der Waals surface area contributed by atoms with E-state index in [4.69, 9.17) is 17.3 Å². The maximum Gasteiger partial charge on any atom is 0.126 e. The summed E-state index contributed by atoms with van der Waals surface area (Å²) in [7, 11) is 0. The molecule has 0 radical (unpaired) electrons. The second kappa shape index (κ2) is 5.40. The highest BCUT2D eigenvalue weighted by Gasteiger charge is 2.12. The number of hydrogen-bond donors (Lipinski definition) is 1. The Kier molecular flexibility index (Phi) is 3.87. The monoisotopic (exact) mass is 264 g/mol. The number of anilines is 1. The summed E-state index contributed by atoms with van der Waals surface area (Å²) in [6, 6.07) is 3.89. The molecule has 2 rings (SSSR count). The summed E-state index contributed by atoms with van der Waals surface area (Å²) in [5.41, 5.74) is 8.83. The van der Waals surface area contributed by atoms with Crippen LogP contribution in [0.15, 0.2) is 18.3 Å². The van der Waals surface area contributed by atoms with Crippen LogP contribution in [0.4, 0.5) is 5.82 Å². The lowest BCUT2D eigenvalue weighted by molar-refractivity contribution is 0.614. The first-order valence-electron chi connectivity index (χ1n) is 6.04. The van der Waals surface area contributed by atoms with Gasteiger partial charge in [0.25, 0.3) is 0 Å². The van der Waals surface area contributed by atoms with Crippen LogP contribution in [0, 0.1) is 6.92 Å². The summed E-state index contributed by atoms with van der Waals surface area (Å²) < 4.78 is 1.95. The Balaban J connectivity index is 2.18. The zero-order valence-corrected chi connectivity index (χ0v) is 11.4. The van der Waals surface area contributed by atoms with E-state index in [0.717, 1.165) is 41.4 Å². The fourth-order valence-corrected chi connectivity index (χ4v) is 2.25. The molecule has 2 N–H and O–H groups in total. The van der Waals surface area contributed by atoms with Crippen molar-refractivity contribution in [3.63, 3.8) is 0 Å². The quantitative estimate of drug-likeness (QED) is 0.924. The zero-order chi connectivity index (χ0) is 13.1. The van der Waals surface area contributed by atoms with Crippen LogP contribution < -0.4 is 5.73 Å². The van der Waals surface area contributed by atoms with E-state index in [0.29, 0.717) is 5.82 Å². The van der Waals surface area contributed by atoms with Gasteiger partial charge in [-0.25, -0.2) is 4.98 Å². The van der Waals surface area contributed by atoms with E-state index < -0.39 is 0 Å². The number of nitrogens with zero attached hydrogens (tertiary/aromatic N) is 3. The third-order valence-electron chi connectivity index (χ3n) is 3.01. The van der Waals surface area contributed by atoms with Gasteiger partial charge >= 0.3 is 0 Å². The number of pyridine rings is 1. The standard InChI is InChI=1S/C13H17ClN4/c1-3-18-11(12(14)9(2)17-18)7-6-10-5-4-8-16-13(10)15/h4-5,8H,3,6-7H2,1-2H3,(H2,15,16). The largest absolute Gasteiger partial charge is 0.383 e. The van der Waals surface area contributed by atoms with E-state index >= 15 is 0 Å². The molecule has 0 atom stereocenters. The molecule has 0 fully saturated rings. The number of aryl methyl sites for hydroxylation is 3. The average molecular weight is 265 g/mol. The summed E-state index contributed by atoms with van der Waals surface area (Å²) in [6.07, 6.45) is 3.35. The second-order valence-corrected chi connectivity index (χ2v) is 4.59. The lowest BCUT2D eigenvalue weighted by atomic mass is 10.1. The van der Waals surface area contributed by atoms with Crippen LogP contribution >= 0.6 is 11.6 Å². The molecule has 96 valence electrons. The topological polar surface area (TPSA) is 56.7 Å². The highest BCUT2D eigenvalue weighted by atomic mass is 35.5. The zero-order valence-electron chi connectivity index (χ0n) is 10.7. The number of hydrogen-bond acceptors (Lipinski definition) is 3. The number of halogens is 1. The van der Waals surface area contributed by atoms with Crippen LogP contribution in [0.1, 0.15) is 23.9 Å². The van der Waals surface area contributed by atoms with Crippen LogP contribution in [0.3, 0.4) is 0 Å². The smallest absolute Gasteiger partial charge is 0.126 e. The molecule has 2 aromatic rings. The van der Waals surface area contributed by atoms with E-state index in [1.54, 1.807) is 6.20 Å². The average Bonchev–Trinajstić information content (AvgIpc) is 2.65. The van der Waals surface area contributed by atoms with Crippen LogP contribution in [0.2, 0.25) is 5.02 Å². The molecular formula is C13H17ClN4. The van der Waals surface area contributed by atoms with Crippen molar-refractivity contribution in [3.8, 4) is 0 Å². The molecule has 0 amide bonds. The van der Waals surface area contributed by atoms with Gasteiger partial charge in [-0.1, -0.05) is 17.7 Å². The van der Waals surface area contributed by atoms with Crippen molar-refractivity contribution >= 4 is 17.4 Å². The molecule has 2 aromatic heterocycles. The van der Waals surface area contributed by atoms with Crippen LogP contribution in [0.5, 0.6) is 0 Å². The fraction of sp³-hybridized carbons (Fsp3) is 0.385.